The fourth-order valence-corrected chi connectivity index (χ4v) is 13.6. The van der Waals surface area contributed by atoms with Gasteiger partial charge in [0.2, 0.25) is 0 Å². The van der Waals surface area contributed by atoms with Crippen molar-refractivity contribution in [1.82, 2.24) is 0 Å². The quantitative estimate of drug-likeness (QED) is 0.0222. The van der Waals surface area contributed by atoms with Crippen LogP contribution in [0.3, 0.4) is 0 Å². The first-order valence-corrected chi connectivity index (χ1v) is 43.5. The molecular weight excluding hydrogens is 1270 g/mol. The van der Waals surface area contributed by atoms with Gasteiger partial charge in [-0.3, -0.25) is 37.3 Å². The average Bonchev–Trinajstić information content (AvgIpc) is 1.63. The zero-order chi connectivity index (χ0) is 71.4. The summed E-state index contributed by atoms with van der Waals surface area (Å²) in [4.78, 5) is 72.9. The predicted octanol–water partition coefficient (Wildman–Crippen LogP) is 23.1. The van der Waals surface area contributed by atoms with Crippen LogP contribution in [0.15, 0.2) is 0 Å². The molecule has 0 heterocycles. The molecule has 0 saturated carbocycles. The van der Waals surface area contributed by atoms with Gasteiger partial charge in [-0.1, -0.05) is 356 Å². The van der Waals surface area contributed by atoms with Gasteiger partial charge in [0, 0.05) is 25.7 Å². The minimum Gasteiger partial charge on any atom is -0.462 e. The number of aliphatic hydroxyl groups excluding tert-OH is 1. The molecule has 0 aliphatic rings. The minimum absolute atomic E-state index is 0.108. The number of unbranched alkanes of at least 4 members (excludes halogenated alkanes) is 46. The Morgan fingerprint density at radius 1 is 0.299 bits per heavy atom. The van der Waals surface area contributed by atoms with E-state index in [4.69, 9.17) is 37.0 Å². The molecule has 0 aliphatic heterocycles. The number of esters is 4. The highest BCUT2D eigenvalue weighted by Crippen LogP contribution is 2.45. The Balaban J connectivity index is 5.23. The van der Waals surface area contributed by atoms with E-state index >= 15 is 0 Å². The fourth-order valence-electron chi connectivity index (χ4n) is 12.0. The highest BCUT2D eigenvalue weighted by Gasteiger charge is 2.30. The molecule has 0 radical (unpaired) electrons. The lowest BCUT2D eigenvalue weighted by Gasteiger charge is -2.21. The highest BCUT2D eigenvalue weighted by molar-refractivity contribution is 7.47. The minimum atomic E-state index is -4.96. The lowest BCUT2D eigenvalue weighted by Crippen LogP contribution is -2.30. The summed E-state index contributed by atoms with van der Waals surface area (Å²) >= 11 is 0. The number of aliphatic hydroxyl groups is 1. The van der Waals surface area contributed by atoms with Gasteiger partial charge < -0.3 is 33.8 Å². The Hall–Kier alpha value is -1.94. The largest absolute Gasteiger partial charge is 0.472 e. The van der Waals surface area contributed by atoms with E-state index in [9.17, 15) is 43.2 Å². The Morgan fingerprint density at radius 2 is 0.526 bits per heavy atom. The highest BCUT2D eigenvalue weighted by atomic mass is 31.2. The maximum Gasteiger partial charge on any atom is 0.472 e. The Bertz CT molecular complexity index is 1870. The Labute approximate surface area is 594 Å². The molecule has 17 nitrogen and oxygen atoms in total. The lowest BCUT2D eigenvalue weighted by molar-refractivity contribution is -0.161. The van der Waals surface area contributed by atoms with Gasteiger partial charge in [0.25, 0.3) is 0 Å². The molecule has 0 aromatic rings. The van der Waals surface area contributed by atoms with Crippen molar-refractivity contribution in [3.8, 4) is 0 Å². The van der Waals surface area contributed by atoms with Gasteiger partial charge in [-0.2, -0.15) is 0 Å². The molecule has 576 valence electrons. The van der Waals surface area contributed by atoms with Gasteiger partial charge in [-0.05, 0) is 37.5 Å². The number of carbonyl (C=O) groups is 4. The molecule has 3 unspecified atom stereocenters. The van der Waals surface area contributed by atoms with Gasteiger partial charge in [0.15, 0.2) is 12.2 Å². The number of hydrogen-bond donors (Lipinski definition) is 3. The van der Waals surface area contributed by atoms with E-state index in [1.165, 1.54) is 225 Å². The first-order valence-electron chi connectivity index (χ1n) is 40.5. The average molecular weight is 1420 g/mol. The van der Waals surface area contributed by atoms with Crippen LogP contribution >= 0.6 is 15.6 Å². The smallest absolute Gasteiger partial charge is 0.462 e. The number of phosphoric ester groups is 2. The maximum atomic E-state index is 13.1. The monoisotopic (exact) mass is 1420 g/mol. The third-order valence-corrected chi connectivity index (χ3v) is 20.5. The summed E-state index contributed by atoms with van der Waals surface area (Å²) in [6.45, 7) is 9.68. The van der Waals surface area contributed by atoms with Crippen LogP contribution in [-0.2, 0) is 65.4 Å². The second-order valence-corrected chi connectivity index (χ2v) is 31.7. The van der Waals surface area contributed by atoms with E-state index in [-0.39, 0.29) is 25.7 Å². The summed E-state index contributed by atoms with van der Waals surface area (Å²) in [6.07, 6.45) is 58.1. The maximum absolute atomic E-state index is 13.1. The summed E-state index contributed by atoms with van der Waals surface area (Å²) in [7, 11) is -9.91. The molecule has 0 saturated heterocycles. The molecule has 97 heavy (non-hydrogen) atoms. The number of ether oxygens (including phenoxy) is 4. The molecule has 0 amide bonds. The van der Waals surface area contributed by atoms with Gasteiger partial charge in [0.1, 0.15) is 19.3 Å². The van der Waals surface area contributed by atoms with E-state index in [1.54, 1.807) is 0 Å². The van der Waals surface area contributed by atoms with Crippen LogP contribution in [0.4, 0.5) is 0 Å². The predicted molar refractivity (Wildman–Crippen MR) is 395 cm³/mol. The second-order valence-electron chi connectivity index (χ2n) is 28.8. The van der Waals surface area contributed by atoms with Crippen molar-refractivity contribution in [2.75, 3.05) is 39.6 Å². The van der Waals surface area contributed by atoms with Gasteiger partial charge in [0.05, 0.1) is 26.4 Å². The van der Waals surface area contributed by atoms with Crippen LogP contribution in [0.25, 0.3) is 0 Å². The van der Waals surface area contributed by atoms with Crippen molar-refractivity contribution in [1.29, 1.82) is 0 Å². The number of carbonyl (C=O) groups excluding carboxylic acids is 4. The van der Waals surface area contributed by atoms with E-state index < -0.39 is 97.5 Å². The second kappa shape index (κ2) is 69.8. The van der Waals surface area contributed by atoms with Crippen molar-refractivity contribution in [3.05, 3.63) is 0 Å². The third kappa shape index (κ3) is 70.9. The first kappa shape index (κ1) is 95.1. The standard InChI is InChI=1S/C78H152O17P2/c1-7-10-12-14-16-18-19-20-26-32-38-44-50-56-62-77(82)94-73(66-88-75(80)60-54-48-42-34-17-15-13-11-8-2)68-92-96(84,85)90-64-72(79)65-91-97(86,87)93-69-74(67-89-76(81)61-55-49-43-37-31-28-23-24-29-35-40-46-52-58-70(4)5)95-78(83)63-57-51-45-39-33-27-22-21-25-30-36-41-47-53-59-71(6)9-3/h70-74,79H,7-69H2,1-6H3,(H,84,85)(H,86,87)/t71?,72-,73+,74+/m0/s1. The molecule has 0 bridgehead atoms. The number of hydrogen-bond acceptors (Lipinski definition) is 15. The molecule has 0 spiro atoms. The van der Waals surface area contributed by atoms with Crippen LogP contribution in [0.2, 0.25) is 0 Å². The molecule has 6 atom stereocenters. The third-order valence-electron chi connectivity index (χ3n) is 18.6. The van der Waals surface area contributed by atoms with Crippen molar-refractivity contribution in [2.24, 2.45) is 11.8 Å². The SMILES string of the molecule is CCCCCCCCCCCCCCCCC(=O)O[C@H](COC(=O)CCCCCCCCCCC)COP(=O)(O)OC[C@H](O)COP(=O)(O)OC[C@@H](COC(=O)CCCCCCCCCCCCCCCC(C)C)OC(=O)CCCCCCCCCCCCCCCCC(C)CC. The summed E-state index contributed by atoms with van der Waals surface area (Å²) in [5.74, 6) is -0.475. The van der Waals surface area contributed by atoms with Crippen molar-refractivity contribution in [2.45, 2.75) is 426 Å². The van der Waals surface area contributed by atoms with E-state index in [0.29, 0.717) is 25.7 Å². The van der Waals surface area contributed by atoms with Crippen molar-refractivity contribution < 1.29 is 80.2 Å². The Kier molecular flexibility index (Phi) is 68.4. The molecule has 0 aromatic heterocycles. The van der Waals surface area contributed by atoms with Gasteiger partial charge in [-0.25, -0.2) is 9.13 Å². The molecule has 0 aliphatic carbocycles. The van der Waals surface area contributed by atoms with Gasteiger partial charge >= 0.3 is 39.5 Å². The molecular formula is C78H152O17P2. The fraction of sp³-hybridized carbons (Fsp3) is 0.949. The molecule has 19 heteroatoms. The molecule has 3 N–H and O–H groups in total. The zero-order valence-corrected chi connectivity index (χ0v) is 65.2. The van der Waals surface area contributed by atoms with Crippen LogP contribution in [0.1, 0.15) is 408 Å². The lowest BCUT2D eigenvalue weighted by atomic mass is 9.99. The Morgan fingerprint density at radius 3 is 0.784 bits per heavy atom. The van der Waals surface area contributed by atoms with Crippen LogP contribution in [0.5, 0.6) is 0 Å². The van der Waals surface area contributed by atoms with Crippen molar-refractivity contribution >= 4 is 39.5 Å². The van der Waals surface area contributed by atoms with E-state index in [0.717, 1.165) is 102 Å². The zero-order valence-electron chi connectivity index (χ0n) is 63.4. The topological polar surface area (TPSA) is 237 Å². The molecule has 0 fully saturated rings. The van der Waals surface area contributed by atoms with E-state index in [2.05, 4.69) is 41.5 Å². The summed E-state index contributed by atoms with van der Waals surface area (Å²) in [5, 5.41) is 10.6. The molecule has 0 rings (SSSR count). The van der Waals surface area contributed by atoms with Gasteiger partial charge in [-0.15, -0.1) is 0 Å². The normalized spacial score (nSPS) is 14.2. The first-order chi connectivity index (χ1) is 46.9. The van der Waals surface area contributed by atoms with E-state index in [1.807, 2.05) is 0 Å². The summed E-state index contributed by atoms with van der Waals surface area (Å²) in [6, 6.07) is 0. The van der Waals surface area contributed by atoms with Crippen LogP contribution in [-0.4, -0.2) is 96.7 Å². The van der Waals surface area contributed by atoms with Crippen LogP contribution in [0, 0.1) is 11.8 Å². The number of phosphoric acid groups is 2. The summed E-state index contributed by atoms with van der Waals surface area (Å²) < 4.78 is 68.6. The number of rotatable bonds is 77. The molecule has 0 aromatic carbocycles. The van der Waals surface area contributed by atoms with Crippen LogP contribution < -0.4 is 0 Å². The van der Waals surface area contributed by atoms with Crippen molar-refractivity contribution in [3.63, 3.8) is 0 Å². The summed E-state index contributed by atoms with van der Waals surface area (Å²) in [5.41, 5.74) is 0.